The number of hydrogen-bond acceptors (Lipinski definition) is 5. The van der Waals surface area contributed by atoms with Gasteiger partial charge < -0.3 is 9.73 Å². The molecule has 7 heteroatoms. The summed E-state index contributed by atoms with van der Waals surface area (Å²) in [7, 11) is 0. The van der Waals surface area contributed by atoms with Crippen molar-refractivity contribution in [2.75, 3.05) is 0 Å². The molecule has 0 spiro atoms. The first-order valence-electron chi connectivity index (χ1n) is 6.63. The molecule has 3 aromatic rings. The fourth-order valence-corrected chi connectivity index (χ4v) is 2.55. The van der Waals surface area contributed by atoms with E-state index in [4.69, 9.17) is 4.42 Å². The predicted molar refractivity (Wildman–Crippen MR) is 82.4 cm³/mol. The summed E-state index contributed by atoms with van der Waals surface area (Å²) in [6, 6.07) is 10.3. The van der Waals surface area contributed by atoms with Crippen LogP contribution in [0.2, 0.25) is 0 Å². The lowest BCUT2D eigenvalue weighted by Gasteiger charge is -2.06. The van der Waals surface area contributed by atoms with Gasteiger partial charge in [0.15, 0.2) is 5.76 Å². The summed E-state index contributed by atoms with van der Waals surface area (Å²) < 4.78 is 6.37. The Morgan fingerprint density at radius 2 is 2.18 bits per heavy atom. The van der Waals surface area contributed by atoms with Gasteiger partial charge in [0.1, 0.15) is 12.2 Å². The second-order valence-electron chi connectivity index (χ2n) is 4.55. The second kappa shape index (κ2) is 6.40. The Labute approximate surface area is 130 Å². The highest BCUT2D eigenvalue weighted by atomic mass is 32.1. The van der Waals surface area contributed by atoms with Crippen LogP contribution in [0.25, 0.3) is 11.5 Å². The quantitative estimate of drug-likeness (QED) is 0.780. The smallest absolute Gasteiger partial charge is 0.267 e. The SMILES string of the molecule is O=C(Cn1nc(-c2ccco2)ccc1=O)NCc1cccs1. The largest absolute Gasteiger partial charge is 0.463 e. The number of nitrogens with one attached hydrogen (secondary N) is 1. The highest BCUT2D eigenvalue weighted by Gasteiger charge is 2.09. The summed E-state index contributed by atoms with van der Waals surface area (Å²) in [6.45, 7) is 0.321. The number of hydrogen-bond donors (Lipinski definition) is 1. The molecule has 0 aliphatic carbocycles. The van der Waals surface area contributed by atoms with E-state index in [1.54, 1.807) is 29.5 Å². The molecule has 1 amide bonds. The van der Waals surface area contributed by atoms with Crippen LogP contribution in [0.1, 0.15) is 4.88 Å². The Hall–Kier alpha value is -2.67. The third kappa shape index (κ3) is 3.32. The van der Waals surface area contributed by atoms with E-state index in [1.165, 1.54) is 12.3 Å². The zero-order valence-electron chi connectivity index (χ0n) is 11.6. The maximum atomic E-state index is 11.9. The first kappa shape index (κ1) is 14.3. The van der Waals surface area contributed by atoms with Gasteiger partial charge in [0.2, 0.25) is 5.91 Å². The summed E-state index contributed by atoms with van der Waals surface area (Å²) >= 11 is 1.56. The third-order valence-electron chi connectivity index (χ3n) is 2.97. The lowest BCUT2D eigenvalue weighted by Crippen LogP contribution is -2.33. The minimum atomic E-state index is -0.332. The molecular weight excluding hydrogens is 302 g/mol. The standard InChI is InChI=1S/C15H13N3O3S/c19-14(16-9-11-3-2-8-22-11)10-18-15(20)6-5-12(17-18)13-4-1-7-21-13/h1-8H,9-10H2,(H,16,19). The monoisotopic (exact) mass is 315 g/mol. The minimum Gasteiger partial charge on any atom is -0.463 e. The van der Waals surface area contributed by atoms with E-state index in [9.17, 15) is 9.59 Å². The molecule has 0 aromatic carbocycles. The van der Waals surface area contributed by atoms with Crippen molar-refractivity contribution < 1.29 is 9.21 Å². The van der Waals surface area contributed by atoms with Gasteiger partial charge in [0.25, 0.3) is 5.56 Å². The minimum absolute atomic E-state index is 0.126. The molecule has 0 radical (unpaired) electrons. The van der Waals surface area contributed by atoms with E-state index in [2.05, 4.69) is 10.4 Å². The van der Waals surface area contributed by atoms with Crippen molar-refractivity contribution in [3.8, 4) is 11.5 Å². The summed E-state index contributed by atoms with van der Waals surface area (Å²) in [5.41, 5.74) is 0.178. The Morgan fingerprint density at radius 1 is 1.27 bits per heavy atom. The molecule has 0 saturated heterocycles. The van der Waals surface area contributed by atoms with Crippen LogP contribution in [-0.2, 0) is 17.9 Å². The number of carbonyl (C=O) groups excluding carboxylic acids is 1. The summed E-state index contributed by atoms with van der Waals surface area (Å²) in [4.78, 5) is 24.8. The van der Waals surface area contributed by atoms with Crippen LogP contribution in [0.15, 0.2) is 57.3 Å². The maximum absolute atomic E-state index is 11.9. The number of nitrogens with zero attached hydrogens (tertiary/aromatic N) is 2. The molecule has 0 aliphatic heterocycles. The Kier molecular flexibility index (Phi) is 4.15. The molecule has 0 atom stereocenters. The molecule has 1 N–H and O–H groups in total. The zero-order chi connectivity index (χ0) is 15.4. The fraction of sp³-hybridized carbons (Fsp3) is 0.133. The molecule has 3 rings (SSSR count). The number of amides is 1. The van der Waals surface area contributed by atoms with Crippen LogP contribution in [0.3, 0.4) is 0 Å². The van der Waals surface area contributed by atoms with Gasteiger partial charge in [-0.1, -0.05) is 6.07 Å². The molecular formula is C15H13N3O3S. The molecule has 0 saturated carbocycles. The third-order valence-corrected chi connectivity index (χ3v) is 3.85. The normalized spacial score (nSPS) is 10.5. The molecule has 0 bridgehead atoms. The van der Waals surface area contributed by atoms with Crippen LogP contribution in [-0.4, -0.2) is 15.7 Å². The summed E-state index contributed by atoms with van der Waals surface area (Å²) in [5.74, 6) is 0.285. The molecule has 0 aliphatic rings. The van der Waals surface area contributed by atoms with Gasteiger partial charge in [-0.2, -0.15) is 5.10 Å². The van der Waals surface area contributed by atoms with Crippen molar-refractivity contribution >= 4 is 17.2 Å². The fourth-order valence-electron chi connectivity index (χ4n) is 1.91. The molecule has 0 unspecified atom stereocenters. The van der Waals surface area contributed by atoms with Crippen LogP contribution < -0.4 is 10.9 Å². The Balaban J connectivity index is 1.70. The van der Waals surface area contributed by atoms with E-state index < -0.39 is 0 Å². The van der Waals surface area contributed by atoms with Gasteiger partial charge in [-0.05, 0) is 29.6 Å². The lowest BCUT2D eigenvalue weighted by atomic mass is 10.3. The van der Waals surface area contributed by atoms with Gasteiger partial charge in [-0.25, -0.2) is 4.68 Å². The van der Waals surface area contributed by atoms with Crippen molar-refractivity contribution in [3.05, 3.63) is 63.3 Å². The predicted octanol–water partition coefficient (Wildman–Crippen LogP) is 1.88. The van der Waals surface area contributed by atoms with E-state index >= 15 is 0 Å². The molecule has 0 fully saturated rings. The summed E-state index contributed by atoms with van der Waals surface area (Å²) in [5, 5.41) is 8.86. The van der Waals surface area contributed by atoms with Gasteiger partial charge in [0.05, 0.1) is 12.8 Å². The lowest BCUT2D eigenvalue weighted by molar-refractivity contribution is -0.122. The van der Waals surface area contributed by atoms with Crippen molar-refractivity contribution in [2.24, 2.45) is 0 Å². The van der Waals surface area contributed by atoms with Crippen LogP contribution in [0.5, 0.6) is 0 Å². The number of rotatable bonds is 5. The highest BCUT2D eigenvalue weighted by Crippen LogP contribution is 2.15. The maximum Gasteiger partial charge on any atom is 0.267 e. The van der Waals surface area contributed by atoms with Crippen LogP contribution in [0, 0.1) is 0 Å². The first-order chi connectivity index (χ1) is 10.7. The van der Waals surface area contributed by atoms with E-state index in [0.29, 0.717) is 18.0 Å². The Morgan fingerprint density at radius 3 is 2.91 bits per heavy atom. The van der Waals surface area contributed by atoms with Crippen molar-refractivity contribution in [2.45, 2.75) is 13.1 Å². The van der Waals surface area contributed by atoms with Crippen molar-refractivity contribution in [1.82, 2.24) is 15.1 Å². The number of thiophene rings is 1. The van der Waals surface area contributed by atoms with Gasteiger partial charge in [0, 0.05) is 10.9 Å². The zero-order valence-corrected chi connectivity index (χ0v) is 12.4. The second-order valence-corrected chi connectivity index (χ2v) is 5.58. The van der Waals surface area contributed by atoms with Gasteiger partial charge in [-0.15, -0.1) is 11.3 Å². The topological polar surface area (TPSA) is 77.1 Å². The van der Waals surface area contributed by atoms with Gasteiger partial charge >= 0.3 is 0 Å². The van der Waals surface area contributed by atoms with Crippen LogP contribution in [0.4, 0.5) is 0 Å². The van der Waals surface area contributed by atoms with E-state index in [1.807, 2.05) is 17.5 Å². The number of carbonyl (C=O) groups is 1. The summed E-state index contributed by atoms with van der Waals surface area (Å²) in [6.07, 6.45) is 1.53. The first-order valence-corrected chi connectivity index (χ1v) is 7.51. The van der Waals surface area contributed by atoms with Crippen molar-refractivity contribution in [1.29, 1.82) is 0 Å². The highest BCUT2D eigenvalue weighted by molar-refractivity contribution is 7.09. The van der Waals surface area contributed by atoms with E-state index in [-0.39, 0.29) is 18.0 Å². The molecule has 6 nitrogen and oxygen atoms in total. The molecule has 3 aromatic heterocycles. The molecule has 112 valence electrons. The average molecular weight is 315 g/mol. The number of furan rings is 1. The molecule has 22 heavy (non-hydrogen) atoms. The van der Waals surface area contributed by atoms with Crippen molar-refractivity contribution in [3.63, 3.8) is 0 Å². The van der Waals surface area contributed by atoms with Crippen LogP contribution >= 0.6 is 11.3 Å². The Bertz CT molecular complexity index is 807. The molecule has 3 heterocycles. The number of aromatic nitrogens is 2. The van der Waals surface area contributed by atoms with Gasteiger partial charge in [-0.3, -0.25) is 9.59 Å². The van der Waals surface area contributed by atoms with E-state index in [0.717, 1.165) is 9.56 Å². The average Bonchev–Trinajstić information content (AvgIpc) is 3.21.